The highest BCUT2D eigenvalue weighted by molar-refractivity contribution is 6.08. The number of carbonyl (C=O) groups is 1. The molecule has 1 aromatic heterocycles. The van der Waals surface area contributed by atoms with Crippen molar-refractivity contribution in [3.8, 4) is 35.1 Å². The monoisotopic (exact) mass is 435 g/mol. The van der Waals surface area contributed by atoms with Crippen molar-refractivity contribution < 1.29 is 15.0 Å². The average Bonchev–Trinajstić information content (AvgIpc) is 2.83. The van der Waals surface area contributed by atoms with E-state index in [0.717, 1.165) is 28.5 Å². The molecule has 0 atom stereocenters. The van der Waals surface area contributed by atoms with Gasteiger partial charge in [-0.15, -0.1) is 6.42 Å². The fourth-order valence-corrected chi connectivity index (χ4v) is 3.50. The minimum Gasteiger partial charge on any atom is -0.508 e. The molecule has 0 radical (unpaired) electrons. The number of aromatic hydroxyl groups is 2. The van der Waals surface area contributed by atoms with Crippen LogP contribution in [-0.4, -0.2) is 26.1 Å². The Hall–Kier alpha value is -4.63. The van der Waals surface area contributed by atoms with Crippen LogP contribution >= 0.6 is 0 Å². The standard InChI is InChI=1S/C27H21N3O3/c1-3-25-28-16-18(2)26(29-25)20-9-11-21(12-10-20)30(17-19-7-5-4-6-8-19)27(33)23-14-13-22(31)15-24(23)32/h1,4-16,31-32H,17H2,2H3. The number of aryl methyl sites for hydroxylation is 1. The molecular weight excluding hydrogens is 414 g/mol. The maximum absolute atomic E-state index is 13.4. The topological polar surface area (TPSA) is 86.6 Å². The fraction of sp³-hybridized carbons (Fsp3) is 0.0741. The number of carbonyl (C=O) groups excluding carboxylic acids is 1. The Bertz CT molecular complexity index is 1340. The van der Waals surface area contributed by atoms with E-state index in [9.17, 15) is 15.0 Å². The van der Waals surface area contributed by atoms with E-state index in [2.05, 4.69) is 15.9 Å². The highest BCUT2D eigenvalue weighted by Crippen LogP contribution is 2.29. The van der Waals surface area contributed by atoms with Gasteiger partial charge in [-0.2, -0.15) is 0 Å². The molecule has 0 saturated carbocycles. The third-order valence-electron chi connectivity index (χ3n) is 5.19. The first-order valence-electron chi connectivity index (χ1n) is 10.2. The van der Waals surface area contributed by atoms with Crippen molar-refractivity contribution >= 4 is 11.6 Å². The number of hydrogen-bond acceptors (Lipinski definition) is 5. The van der Waals surface area contributed by atoms with Crippen LogP contribution in [0.4, 0.5) is 5.69 Å². The summed E-state index contributed by atoms with van der Waals surface area (Å²) in [5, 5.41) is 19.9. The molecule has 4 rings (SSSR count). The highest BCUT2D eigenvalue weighted by atomic mass is 16.3. The Labute approximate surface area is 191 Å². The smallest absolute Gasteiger partial charge is 0.262 e. The molecule has 3 aromatic carbocycles. The van der Waals surface area contributed by atoms with E-state index in [-0.39, 0.29) is 17.1 Å². The summed E-state index contributed by atoms with van der Waals surface area (Å²) in [4.78, 5) is 23.5. The summed E-state index contributed by atoms with van der Waals surface area (Å²) in [7, 11) is 0. The summed E-state index contributed by atoms with van der Waals surface area (Å²) in [6.45, 7) is 2.20. The second kappa shape index (κ2) is 9.25. The number of terminal acetylenes is 1. The molecule has 0 saturated heterocycles. The Morgan fingerprint density at radius 1 is 1.03 bits per heavy atom. The van der Waals surface area contributed by atoms with E-state index in [1.807, 2.05) is 61.5 Å². The molecule has 0 aliphatic rings. The number of nitrogens with zero attached hydrogens (tertiary/aromatic N) is 3. The van der Waals surface area contributed by atoms with Crippen molar-refractivity contribution in [1.29, 1.82) is 0 Å². The lowest BCUT2D eigenvalue weighted by Crippen LogP contribution is -2.30. The zero-order valence-corrected chi connectivity index (χ0v) is 17.9. The largest absolute Gasteiger partial charge is 0.508 e. The number of phenolic OH excluding ortho intramolecular Hbond substituents is 2. The molecule has 0 spiro atoms. The van der Waals surface area contributed by atoms with Crippen molar-refractivity contribution in [2.75, 3.05) is 4.90 Å². The van der Waals surface area contributed by atoms with Crippen LogP contribution in [-0.2, 0) is 6.54 Å². The molecule has 1 heterocycles. The number of benzene rings is 3. The predicted molar refractivity (Wildman–Crippen MR) is 127 cm³/mol. The molecule has 33 heavy (non-hydrogen) atoms. The van der Waals surface area contributed by atoms with Crippen molar-refractivity contribution in [1.82, 2.24) is 9.97 Å². The Morgan fingerprint density at radius 3 is 2.42 bits per heavy atom. The molecular formula is C27H21N3O3. The van der Waals surface area contributed by atoms with Gasteiger partial charge < -0.3 is 15.1 Å². The van der Waals surface area contributed by atoms with Gasteiger partial charge in [0, 0.05) is 23.5 Å². The summed E-state index contributed by atoms with van der Waals surface area (Å²) in [6.07, 6.45) is 7.12. The molecule has 4 aromatic rings. The van der Waals surface area contributed by atoms with E-state index in [0.29, 0.717) is 18.1 Å². The van der Waals surface area contributed by atoms with E-state index in [4.69, 9.17) is 6.42 Å². The van der Waals surface area contributed by atoms with Gasteiger partial charge in [-0.25, -0.2) is 9.97 Å². The Morgan fingerprint density at radius 2 is 1.76 bits per heavy atom. The second-order valence-corrected chi connectivity index (χ2v) is 7.49. The zero-order chi connectivity index (χ0) is 23.4. The van der Waals surface area contributed by atoms with Crippen LogP contribution in [0.5, 0.6) is 11.5 Å². The molecule has 0 aliphatic heterocycles. The predicted octanol–water partition coefficient (Wildman–Crippen LogP) is 4.69. The van der Waals surface area contributed by atoms with Crippen molar-refractivity contribution in [3.05, 3.63) is 102 Å². The van der Waals surface area contributed by atoms with Crippen LogP contribution in [0.15, 0.2) is 79.0 Å². The number of rotatable bonds is 5. The zero-order valence-electron chi connectivity index (χ0n) is 17.9. The van der Waals surface area contributed by atoms with Gasteiger partial charge in [0.1, 0.15) is 11.5 Å². The first-order chi connectivity index (χ1) is 16.0. The van der Waals surface area contributed by atoms with Gasteiger partial charge >= 0.3 is 0 Å². The first kappa shape index (κ1) is 21.6. The third-order valence-corrected chi connectivity index (χ3v) is 5.19. The van der Waals surface area contributed by atoms with Crippen LogP contribution in [0.25, 0.3) is 11.3 Å². The van der Waals surface area contributed by atoms with Gasteiger partial charge in [-0.05, 0) is 48.2 Å². The van der Waals surface area contributed by atoms with Crippen LogP contribution < -0.4 is 4.90 Å². The highest BCUT2D eigenvalue weighted by Gasteiger charge is 2.22. The molecule has 1 amide bonds. The summed E-state index contributed by atoms with van der Waals surface area (Å²) in [6, 6.07) is 20.9. The van der Waals surface area contributed by atoms with Crippen LogP contribution in [0.3, 0.4) is 0 Å². The van der Waals surface area contributed by atoms with Crippen LogP contribution in [0.2, 0.25) is 0 Å². The minimum atomic E-state index is -0.392. The van der Waals surface area contributed by atoms with E-state index < -0.39 is 5.91 Å². The van der Waals surface area contributed by atoms with Gasteiger partial charge in [0.15, 0.2) is 0 Å². The van der Waals surface area contributed by atoms with E-state index in [1.165, 1.54) is 12.1 Å². The lowest BCUT2D eigenvalue weighted by atomic mass is 10.1. The summed E-state index contributed by atoms with van der Waals surface area (Å²) >= 11 is 0. The van der Waals surface area contributed by atoms with E-state index in [1.54, 1.807) is 11.1 Å². The number of phenols is 2. The normalized spacial score (nSPS) is 10.4. The maximum atomic E-state index is 13.4. The summed E-state index contributed by atoms with van der Waals surface area (Å²) in [5.41, 5.74) is 4.12. The Kier molecular flexibility index (Phi) is 6.05. The number of amides is 1. The summed E-state index contributed by atoms with van der Waals surface area (Å²) in [5.74, 6) is 1.96. The molecule has 2 N–H and O–H groups in total. The van der Waals surface area contributed by atoms with Crippen LogP contribution in [0, 0.1) is 19.3 Å². The average molecular weight is 435 g/mol. The SMILES string of the molecule is C#Cc1ncc(C)c(-c2ccc(N(Cc3ccccc3)C(=O)c3ccc(O)cc3O)cc2)n1. The van der Waals surface area contributed by atoms with Crippen LogP contribution in [0.1, 0.15) is 27.3 Å². The third kappa shape index (κ3) is 4.68. The van der Waals surface area contributed by atoms with Crippen molar-refractivity contribution in [2.24, 2.45) is 0 Å². The molecule has 0 bridgehead atoms. The molecule has 0 unspecified atom stereocenters. The summed E-state index contributed by atoms with van der Waals surface area (Å²) < 4.78 is 0. The van der Waals surface area contributed by atoms with Gasteiger partial charge in [0.25, 0.3) is 5.91 Å². The lowest BCUT2D eigenvalue weighted by Gasteiger charge is -2.24. The van der Waals surface area contributed by atoms with Crippen molar-refractivity contribution in [3.63, 3.8) is 0 Å². The van der Waals surface area contributed by atoms with Gasteiger partial charge in [-0.3, -0.25) is 4.79 Å². The van der Waals surface area contributed by atoms with Gasteiger partial charge in [-0.1, -0.05) is 42.5 Å². The quantitative estimate of drug-likeness (QED) is 0.444. The molecule has 0 aliphatic carbocycles. The van der Waals surface area contributed by atoms with Gasteiger partial charge in [0.05, 0.1) is 17.8 Å². The minimum absolute atomic E-state index is 0.0955. The fourth-order valence-electron chi connectivity index (χ4n) is 3.50. The van der Waals surface area contributed by atoms with Gasteiger partial charge in [0.2, 0.25) is 5.82 Å². The number of aromatic nitrogens is 2. The number of hydrogen-bond donors (Lipinski definition) is 2. The molecule has 162 valence electrons. The Balaban J connectivity index is 1.73. The van der Waals surface area contributed by atoms with E-state index >= 15 is 0 Å². The lowest BCUT2D eigenvalue weighted by molar-refractivity contribution is 0.0982. The molecule has 0 fully saturated rings. The second-order valence-electron chi connectivity index (χ2n) is 7.49. The molecule has 6 heteroatoms. The molecule has 6 nitrogen and oxygen atoms in total. The number of anilines is 1. The maximum Gasteiger partial charge on any atom is 0.262 e. The first-order valence-corrected chi connectivity index (χ1v) is 10.2. The van der Waals surface area contributed by atoms with Crippen molar-refractivity contribution in [2.45, 2.75) is 13.5 Å².